The summed E-state index contributed by atoms with van der Waals surface area (Å²) >= 11 is 0. The molecule has 0 fully saturated rings. The zero-order chi connectivity index (χ0) is 12.6. The first-order valence-electron chi connectivity index (χ1n) is 5.42. The Morgan fingerprint density at radius 1 is 1.38 bits per heavy atom. The number of carbonyl (C=O) groups excluding carboxylic acids is 1. The molecule has 1 unspecified atom stereocenters. The Morgan fingerprint density at radius 2 is 2.00 bits per heavy atom. The summed E-state index contributed by atoms with van der Waals surface area (Å²) in [6.07, 6.45) is -3.26. The first-order chi connectivity index (χ1) is 7.35. The van der Waals surface area contributed by atoms with Gasteiger partial charge in [-0.05, 0) is 13.3 Å². The summed E-state index contributed by atoms with van der Waals surface area (Å²) in [5.41, 5.74) is 0. The van der Waals surface area contributed by atoms with Gasteiger partial charge in [-0.3, -0.25) is 4.79 Å². The second kappa shape index (κ2) is 7.49. The molecule has 1 atom stereocenters. The second-order valence-corrected chi connectivity index (χ2v) is 3.80. The topological polar surface area (TPSA) is 41.1 Å². The van der Waals surface area contributed by atoms with Crippen LogP contribution in [0.15, 0.2) is 0 Å². The van der Waals surface area contributed by atoms with Gasteiger partial charge >= 0.3 is 6.18 Å². The van der Waals surface area contributed by atoms with Gasteiger partial charge in [0.15, 0.2) is 0 Å². The molecular weight excluding hydrogens is 221 g/mol. The Balaban J connectivity index is 3.59. The number of nitrogens with one attached hydrogen (secondary N) is 2. The minimum Gasteiger partial charge on any atom is -0.355 e. The van der Waals surface area contributed by atoms with Crippen molar-refractivity contribution in [1.82, 2.24) is 10.6 Å². The van der Waals surface area contributed by atoms with E-state index in [2.05, 4.69) is 10.6 Å². The maximum absolute atomic E-state index is 11.9. The SMILES string of the molecule is CCCCNC(=O)CNC(C)CC(F)(F)F. The zero-order valence-electron chi connectivity index (χ0n) is 9.66. The monoisotopic (exact) mass is 240 g/mol. The van der Waals surface area contributed by atoms with Gasteiger partial charge in [0.25, 0.3) is 0 Å². The van der Waals surface area contributed by atoms with Crippen LogP contribution in [0.25, 0.3) is 0 Å². The van der Waals surface area contributed by atoms with Crippen molar-refractivity contribution in [2.75, 3.05) is 13.1 Å². The van der Waals surface area contributed by atoms with Crippen LogP contribution in [0.5, 0.6) is 0 Å². The maximum atomic E-state index is 11.9. The molecule has 0 saturated carbocycles. The van der Waals surface area contributed by atoms with Crippen LogP contribution in [0.3, 0.4) is 0 Å². The standard InChI is InChI=1S/C10H19F3N2O/c1-3-4-5-14-9(16)7-15-8(2)6-10(11,12)13/h8,15H,3-7H2,1-2H3,(H,14,16). The van der Waals surface area contributed by atoms with Crippen LogP contribution in [0.4, 0.5) is 13.2 Å². The summed E-state index contributed by atoms with van der Waals surface area (Å²) in [5, 5.41) is 5.15. The summed E-state index contributed by atoms with van der Waals surface area (Å²) in [6, 6.07) is -0.739. The van der Waals surface area contributed by atoms with Crippen LogP contribution in [-0.4, -0.2) is 31.2 Å². The Hall–Kier alpha value is -0.780. The van der Waals surface area contributed by atoms with E-state index in [1.807, 2.05) is 6.92 Å². The Kier molecular flexibility index (Phi) is 7.12. The lowest BCUT2D eigenvalue weighted by Gasteiger charge is -2.15. The molecule has 0 radical (unpaired) electrons. The smallest absolute Gasteiger partial charge is 0.355 e. The van der Waals surface area contributed by atoms with Crippen molar-refractivity contribution in [3.05, 3.63) is 0 Å². The van der Waals surface area contributed by atoms with E-state index >= 15 is 0 Å². The third kappa shape index (κ3) is 9.76. The second-order valence-electron chi connectivity index (χ2n) is 3.80. The molecule has 0 aliphatic heterocycles. The van der Waals surface area contributed by atoms with E-state index in [1.165, 1.54) is 6.92 Å². The van der Waals surface area contributed by atoms with Gasteiger partial charge in [0.1, 0.15) is 0 Å². The van der Waals surface area contributed by atoms with Crippen molar-refractivity contribution < 1.29 is 18.0 Å². The lowest BCUT2D eigenvalue weighted by molar-refractivity contribution is -0.139. The molecule has 0 rings (SSSR count). The number of rotatable bonds is 7. The van der Waals surface area contributed by atoms with E-state index in [-0.39, 0.29) is 12.5 Å². The third-order valence-electron chi connectivity index (χ3n) is 2.00. The van der Waals surface area contributed by atoms with Crippen LogP contribution in [0.2, 0.25) is 0 Å². The molecule has 1 amide bonds. The molecule has 16 heavy (non-hydrogen) atoms. The molecule has 0 aliphatic rings. The lowest BCUT2D eigenvalue weighted by Crippen LogP contribution is -2.40. The van der Waals surface area contributed by atoms with Gasteiger partial charge in [0.05, 0.1) is 13.0 Å². The van der Waals surface area contributed by atoms with E-state index in [4.69, 9.17) is 0 Å². The van der Waals surface area contributed by atoms with Crippen LogP contribution in [0, 0.1) is 0 Å². The van der Waals surface area contributed by atoms with E-state index in [0.29, 0.717) is 6.54 Å². The fourth-order valence-electron chi connectivity index (χ4n) is 1.15. The molecule has 0 spiro atoms. The Bertz CT molecular complexity index is 207. The van der Waals surface area contributed by atoms with Gasteiger partial charge in [-0.2, -0.15) is 13.2 Å². The largest absolute Gasteiger partial charge is 0.390 e. The van der Waals surface area contributed by atoms with Gasteiger partial charge in [-0.25, -0.2) is 0 Å². The molecule has 0 heterocycles. The fraction of sp³-hybridized carbons (Fsp3) is 0.900. The maximum Gasteiger partial charge on any atom is 0.390 e. The molecule has 0 aromatic heterocycles. The van der Waals surface area contributed by atoms with Gasteiger partial charge in [-0.15, -0.1) is 0 Å². The van der Waals surface area contributed by atoms with Crippen LogP contribution in [-0.2, 0) is 4.79 Å². The number of unbranched alkanes of at least 4 members (excludes halogenated alkanes) is 1. The summed E-state index contributed by atoms with van der Waals surface area (Å²) in [7, 11) is 0. The highest BCUT2D eigenvalue weighted by Gasteiger charge is 2.29. The van der Waals surface area contributed by atoms with Crippen LogP contribution < -0.4 is 10.6 Å². The lowest BCUT2D eigenvalue weighted by atomic mass is 10.2. The fourth-order valence-corrected chi connectivity index (χ4v) is 1.15. The summed E-state index contributed by atoms with van der Waals surface area (Å²) < 4.78 is 35.8. The van der Waals surface area contributed by atoms with Crippen LogP contribution >= 0.6 is 0 Å². The van der Waals surface area contributed by atoms with Crippen molar-refractivity contribution in [2.24, 2.45) is 0 Å². The molecule has 0 saturated heterocycles. The average Bonchev–Trinajstić information content (AvgIpc) is 2.12. The van der Waals surface area contributed by atoms with E-state index in [9.17, 15) is 18.0 Å². The molecule has 0 aromatic rings. The molecule has 2 N–H and O–H groups in total. The molecular formula is C10H19F3N2O. The molecule has 3 nitrogen and oxygen atoms in total. The first kappa shape index (κ1) is 15.2. The Labute approximate surface area is 93.8 Å². The summed E-state index contributed by atoms with van der Waals surface area (Å²) in [6.45, 7) is 3.91. The predicted octanol–water partition coefficient (Wildman–Crippen LogP) is 1.83. The predicted molar refractivity (Wildman–Crippen MR) is 56.1 cm³/mol. The van der Waals surface area contributed by atoms with Crippen molar-refractivity contribution in [3.63, 3.8) is 0 Å². The molecule has 6 heteroatoms. The highest BCUT2D eigenvalue weighted by Crippen LogP contribution is 2.20. The number of halogens is 3. The number of amides is 1. The highest BCUT2D eigenvalue weighted by molar-refractivity contribution is 5.77. The van der Waals surface area contributed by atoms with Crippen molar-refractivity contribution in [3.8, 4) is 0 Å². The number of hydrogen-bond acceptors (Lipinski definition) is 2. The number of alkyl halides is 3. The van der Waals surface area contributed by atoms with E-state index in [1.54, 1.807) is 0 Å². The zero-order valence-corrected chi connectivity index (χ0v) is 9.66. The van der Waals surface area contributed by atoms with Crippen molar-refractivity contribution >= 4 is 5.91 Å². The minimum atomic E-state index is -4.19. The number of carbonyl (C=O) groups is 1. The number of hydrogen-bond donors (Lipinski definition) is 2. The van der Waals surface area contributed by atoms with Crippen molar-refractivity contribution in [2.45, 2.75) is 45.3 Å². The molecule has 0 aromatic carbocycles. The summed E-state index contributed by atoms with van der Waals surface area (Å²) in [5.74, 6) is -0.262. The minimum absolute atomic E-state index is 0.0685. The van der Waals surface area contributed by atoms with E-state index < -0.39 is 18.6 Å². The summed E-state index contributed by atoms with van der Waals surface area (Å²) in [4.78, 5) is 11.1. The third-order valence-corrected chi connectivity index (χ3v) is 2.00. The highest BCUT2D eigenvalue weighted by atomic mass is 19.4. The van der Waals surface area contributed by atoms with Gasteiger partial charge in [-0.1, -0.05) is 13.3 Å². The normalized spacial score (nSPS) is 13.6. The molecule has 96 valence electrons. The molecule has 0 bridgehead atoms. The van der Waals surface area contributed by atoms with Gasteiger partial charge in [0, 0.05) is 12.6 Å². The Morgan fingerprint density at radius 3 is 2.50 bits per heavy atom. The van der Waals surface area contributed by atoms with Crippen molar-refractivity contribution in [1.29, 1.82) is 0 Å². The molecule has 0 aliphatic carbocycles. The first-order valence-corrected chi connectivity index (χ1v) is 5.42. The van der Waals surface area contributed by atoms with Crippen LogP contribution in [0.1, 0.15) is 33.1 Å². The van der Waals surface area contributed by atoms with Gasteiger partial charge < -0.3 is 10.6 Å². The average molecular weight is 240 g/mol. The van der Waals surface area contributed by atoms with Gasteiger partial charge in [0.2, 0.25) is 5.91 Å². The van der Waals surface area contributed by atoms with E-state index in [0.717, 1.165) is 12.8 Å². The quantitative estimate of drug-likeness (QED) is 0.667.